The Bertz CT molecular complexity index is 673. The van der Waals surface area contributed by atoms with Gasteiger partial charge in [0.1, 0.15) is 0 Å². The Kier molecular flexibility index (Phi) is 17.9. The monoisotopic (exact) mass is 499 g/mol. The first-order valence-corrected chi connectivity index (χ1v) is 15.7. The molecule has 1 aliphatic rings. The van der Waals surface area contributed by atoms with Crippen molar-refractivity contribution in [2.75, 3.05) is 25.4 Å². The number of benzene rings is 1. The molecule has 198 valence electrons. The predicted octanol–water partition coefficient (Wildman–Crippen LogP) is 9.13. The number of hydrogen-bond acceptors (Lipinski definition) is 4. The molecule has 1 unspecified atom stereocenters. The van der Waals surface area contributed by atoms with Crippen LogP contribution in [0.4, 0.5) is 0 Å². The van der Waals surface area contributed by atoms with Gasteiger partial charge in [0.25, 0.3) is 0 Å². The van der Waals surface area contributed by atoms with Gasteiger partial charge in [-0.05, 0) is 24.8 Å². The molecule has 35 heavy (non-hydrogen) atoms. The fourth-order valence-corrected chi connectivity index (χ4v) is 5.46. The molecular formula is C31H53N3S. The fraction of sp³-hybridized carbons (Fsp3) is 0.710. The molecule has 1 aromatic rings. The van der Waals surface area contributed by atoms with Crippen LogP contribution in [0, 0.1) is 0 Å². The van der Waals surface area contributed by atoms with Crippen LogP contribution in [0.25, 0.3) is 0 Å². The van der Waals surface area contributed by atoms with Crippen LogP contribution in [0.15, 0.2) is 47.1 Å². The summed E-state index contributed by atoms with van der Waals surface area (Å²) in [6.45, 7) is 7.46. The summed E-state index contributed by atoms with van der Waals surface area (Å²) in [5.41, 5.74) is 2.88. The molecule has 1 atom stereocenters. The maximum atomic E-state index is 4.53. The van der Waals surface area contributed by atoms with Crippen molar-refractivity contribution in [3.05, 3.63) is 47.7 Å². The first kappa shape index (κ1) is 30.0. The Balaban J connectivity index is 1.73. The maximum absolute atomic E-state index is 4.53. The Morgan fingerprint density at radius 3 is 2.11 bits per heavy atom. The standard InChI is InChI=1S/C31H53N3S/c1-3-5-6-7-8-9-10-11-12-13-14-15-16-20-23-31(34-27-26-32-28-34)30(24-25-33-35-4-2)29-21-18-17-19-22-29/h17-19,21-23,28,30,33H,3-16,20,24-27H2,1-2H3. The summed E-state index contributed by atoms with van der Waals surface area (Å²) < 4.78 is 3.54. The van der Waals surface area contributed by atoms with E-state index >= 15 is 0 Å². The van der Waals surface area contributed by atoms with Crippen molar-refractivity contribution in [2.45, 2.75) is 116 Å². The van der Waals surface area contributed by atoms with E-state index in [1.54, 1.807) is 0 Å². The van der Waals surface area contributed by atoms with E-state index in [9.17, 15) is 0 Å². The molecule has 4 heteroatoms. The molecule has 1 N–H and O–H groups in total. The van der Waals surface area contributed by atoms with Gasteiger partial charge in [-0.3, -0.25) is 9.71 Å². The lowest BCUT2D eigenvalue weighted by Crippen LogP contribution is -2.25. The number of allylic oxidation sites excluding steroid dienone is 2. The van der Waals surface area contributed by atoms with Crippen LogP contribution in [-0.2, 0) is 0 Å². The Labute approximate surface area is 221 Å². The summed E-state index contributed by atoms with van der Waals surface area (Å²) in [7, 11) is 0. The van der Waals surface area contributed by atoms with Crippen molar-refractivity contribution < 1.29 is 0 Å². The molecule has 0 saturated carbocycles. The van der Waals surface area contributed by atoms with E-state index in [0.29, 0.717) is 5.92 Å². The summed E-state index contributed by atoms with van der Waals surface area (Å²) in [4.78, 5) is 6.94. The molecule has 1 heterocycles. The van der Waals surface area contributed by atoms with Crippen LogP contribution in [0.1, 0.15) is 122 Å². The normalized spacial score (nSPS) is 14.7. The number of aliphatic imine (C=N–C) groups is 1. The number of hydrogen-bond donors (Lipinski definition) is 1. The van der Waals surface area contributed by atoms with Crippen LogP contribution in [0.3, 0.4) is 0 Å². The fourth-order valence-electron chi connectivity index (χ4n) is 5.00. The highest BCUT2D eigenvalue weighted by molar-refractivity contribution is 7.97. The van der Waals surface area contributed by atoms with Crippen LogP contribution in [0.5, 0.6) is 0 Å². The van der Waals surface area contributed by atoms with Gasteiger partial charge in [-0.1, -0.05) is 139 Å². The van der Waals surface area contributed by atoms with E-state index < -0.39 is 0 Å². The van der Waals surface area contributed by atoms with Gasteiger partial charge in [-0.25, -0.2) is 0 Å². The number of unbranched alkanes of at least 4 members (excludes halogenated alkanes) is 13. The summed E-state index contributed by atoms with van der Waals surface area (Å²) in [6.07, 6.45) is 25.3. The zero-order valence-electron chi connectivity index (χ0n) is 22.9. The molecule has 0 saturated heterocycles. The SMILES string of the molecule is CCCCCCCCCCCCCCCC=C(C(CCNSCC)c1ccccc1)N1C=NCC1. The van der Waals surface area contributed by atoms with E-state index in [1.807, 2.05) is 11.9 Å². The van der Waals surface area contributed by atoms with Crippen molar-refractivity contribution in [1.29, 1.82) is 0 Å². The Morgan fingerprint density at radius 1 is 0.914 bits per heavy atom. The second kappa shape index (κ2) is 20.9. The van der Waals surface area contributed by atoms with Gasteiger partial charge < -0.3 is 4.90 Å². The second-order valence-electron chi connectivity index (χ2n) is 9.95. The molecule has 0 spiro atoms. The van der Waals surface area contributed by atoms with Crippen molar-refractivity contribution in [2.24, 2.45) is 4.99 Å². The minimum Gasteiger partial charge on any atom is -0.334 e. The van der Waals surface area contributed by atoms with Gasteiger partial charge >= 0.3 is 0 Å². The molecule has 2 rings (SSSR count). The first-order chi connectivity index (χ1) is 17.4. The van der Waals surface area contributed by atoms with Crippen molar-refractivity contribution in [3.63, 3.8) is 0 Å². The average Bonchev–Trinajstić information content (AvgIpc) is 3.42. The zero-order chi connectivity index (χ0) is 24.8. The second-order valence-corrected chi connectivity index (χ2v) is 11.1. The molecule has 0 bridgehead atoms. The van der Waals surface area contributed by atoms with Crippen LogP contribution in [0.2, 0.25) is 0 Å². The molecule has 1 aliphatic heterocycles. The minimum absolute atomic E-state index is 0.424. The number of rotatable bonds is 22. The van der Waals surface area contributed by atoms with Crippen LogP contribution >= 0.6 is 11.9 Å². The van der Waals surface area contributed by atoms with Crippen molar-refractivity contribution in [3.8, 4) is 0 Å². The quantitative estimate of drug-likeness (QED) is 0.127. The topological polar surface area (TPSA) is 27.6 Å². The van der Waals surface area contributed by atoms with E-state index in [0.717, 1.165) is 31.8 Å². The van der Waals surface area contributed by atoms with Gasteiger partial charge in [0.05, 0.1) is 12.9 Å². The minimum atomic E-state index is 0.424. The molecule has 0 aliphatic carbocycles. The highest BCUT2D eigenvalue weighted by Gasteiger charge is 2.22. The highest BCUT2D eigenvalue weighted by atomic mass is 32.2. The summed E-state index contributed by atoms with van der Waals surface area (Å²) in [5.74, 6) is 1.53. The third-order valence-corrected chi connectivity index (χ3v) is 7.72. The number of nitrogens with one attached hydrogen (secondary N) is 1. The van der Waals surface area contributed by atoms with Gasteiger partial charge in [0.15, 0.2) is 0 Å². The van der Waals surface area contributed by atoms with Gasteiger partial charge in [-0.2, -0.15) is 0 Å². The van der Waals surface area contributed by atoms with Crippen LogP contribution in [-0.4, -0.2) is 36.6 Å². The molecule has 0 aromatic heterocycles. The lowest BCUT2D eigenvalue weighted by atomic mass is 9.90. The van der Waals surface area contributed by atoms with Gasteiger partial charge in [0, 0.05) is 30.5 Å². The Hall–Kier alpha value is -1.26. The molecule has 0 fully saturated rings. The van der Waals surface area contributed by atoms with E-state index in [-0.39, 0.29) is 0 Å². The molecule has 0 radical (unpaired) electrons. The summed E-state index contributed by atoms with van der Waals surface area (Å²) >= 11 is 1.82. The smallest absolute Gasteiger partial charge is 0.0893 e. The molecule has 0 amide bonds. The van der Waals surface area contributed by atoms with Crippen molar-refractivity contribution >= 4 is 18.3 Å². The van der Waals surface area contributed by atoms with Crippen LogP contribution < -0.4 is 4.72 Å². The third-order valence-electron chi connectivity index (χ3n) is 7.02. The summed E-state index contributed by atoms with van der Waals surface area (Å²) in [5, 5.41) is 0. The first-order valence-electron chi connectivity index (χ1n) is 14.7. The van der Waals surface area contributed by atoms with Gasteiger partial charge in [0.2, 0.25) is 0 Å². The van der Waals surface area contributed by atoms with E-state index in [1.165, 1.54) is 101 Å². The maximum Gasteiger partial charge on any atom is 0.0893 e. The average molecular weight is 500 g/mol. The molecule has 3 nitrogen and oxygen atoms in total. The van der Waals surface area contributed by atoms with Crippen molar-refractivity contribution in [1.82, 2.24) is 9.62 Å². The van der Waals surface area contributed by atoms with E-state index in [2.05, 4.69) is 71.2 Å². The lowest BCUT2D eigenvalue weighted by Gasteiger charge is -2.28. The zero-order valence-corrected chi connectivity index (χ0v) is 23.7. The van der Waals surface area contributed by atoms with Gasteiger partial charge in [-0.15, -0.1) is 0 Å². The molecular weight excluding hydrogens is 446 g/mol. The highest BCUT2D eigenvalue weighted by Crippen LogP contribution is 2.31. The lowest BCUT2D eigenvalue weighted by molar-refractivity contribution is 0.493. The predicted molar refractivity (Wildman–Crippen MR) is 158 cm³/mol. The Morgan fingerprint density at radius 2 is 1.54 bits per heavy atom. The largest absolute Gasteiger partial charge is 0.334 e. The number of nitrogens with zero attached hydrogens (tertiary/aromatic N) is 2. The summed E-state index contributed by atoms with van der Waals surface area (Å²) in [6, 6.07) is 11.1. The van der Waals surface area contributed by atoms with E-state index in [4.69, 9.17) is 0 Å². The third kappa shape index (κ3) is 13.6. The molecule has 1 aromatic carbocycles.